The fraction of sp³-hybridized carbons (Fsp3) is 0.333. The number of esters is 1. The van der Waals surface area contributed by atoms with Gasteiger partial charge in [0, 0.05) is 0 Å². The van der Waals surface area contributed by atoms with Crippen LogP contribution < -0.4 is 10.1 Å². The van der Waals surface area contributed by atoms with Gasteiger partial charge < -0.3 is 24.4 Å². The summed E-state index contributed by atoms with van der Waals surface area (Å²) in [5.41, 5.74) is 2.45. The van der Waals surface area contributed by atoms with Crippen LogP contribution in [0.4, 0.5) is 4.79 Å². The Hall–Kier alpha value is -3.84. The van der Waals surface area contributed by atoms with Crippen LogP contribution in [0.2, 0.25) is 0 Å². The summed E-state index contributed by atoms with van der Waals surface area (Å²) in [7, 11) is 2.09. The van der Waals surface area contributed by atoms with Crippen LogP contribution in [0.15, 0.2) is 84.9 Å². The van der Waals surface area contributed by atoms with E-state index in [1.165, 1.54) is 0 Å². The number of carbonyl (C=O) groups is 2. The van der Waals surface area contributed by atoms with Gasteiger partial charge in [-0.05, 0) is 67.7 Å². The third-order valence-electron chi connectivity index (χ3n) is 6.45. The Morgan fingerprint density at radius 2 is 1.51 bits per heavy atom. The molecule has 0 radical (unpaired) electrons. The monoisotopic (exact) mass is 502 g/mol. The first-order valence-electron chi connectivity index (χ1n) is 12.7. The fourth-order valence-electron chi connectivity index (χ4n) is 4.20. The smallest absolute Gasteiger partial charge is 0.408 e. The number of carbonyl (C=O) groups excluding carboxylic acids is 2. The summed E-state index contributed by atoms with van der Waals surface area (Å²) in [6.45, 7) is 2.79. The molecule has 1 saturated heterocycles. The predicted molar refractivity (Wildman–Crippen MR) is 141 cm³/mol. The number of likely N-dealkylation sites (tertiary alicyclic amines) is 1. The van der Waals surface area contributed by atoms with Gasteiger partial charge in [-0.1, -0.05) is 72.8 Å². The van der Waals surface area contributed by atoms with Gasteiger partial charge in [-0.2, -0.15) is 0 Å². The second kappa shape index (κ2) is 13.5. The van der Waals surface area contributed by atoms with Crippen molar-refractivity contribution < 1.29 is 23.8 Å². The zero-order valence-electron chi connectivity index (χ0n) is 21.2. The molecule has 1 heterocycles. The number of benzene rings is 3. The topological polar surface area (TPSA) is 77.1 Å². The molecule has 1 unspecified atom stereocenters. The highest BCUT2D eigenvalue weighted by atomic mass is 16.6. The number of rotatable bonds is 10. The maximum absolute atomic E-state index is 13.2. The highest BCUT2D eigenvalue weighted by Crippen LogP contribution is 2.23. The van der Waals surface area contributed by atoms with E-state index in [1.54, 1.807) is 18.2 Å². The third kappa shape index (κ3) is 8.36. The van der Waals surface area contributed by atoms with Crippen LogP contribution in [0.5, 0.6) is 5.75 Å². The molecule has 1 fully saturated rings. The summed E-state index contributed by atoms with van der Waals surface area (Å²) in [5, 5.41) is 2.70. The molecule has 0 aliphatic carbocycles. The van der Waals surface area contributed by atoms with Crippen LogP contribution in [0, 0.1) is 5.92 Å². The Balaban J connectivity index is 1.42. The summed E-state index contributed by atoms with van der Waals surface area (Å²) in [6.07, 6.45) is 1.26. The van der Waals surface area contributed by atoms with Gasteiger partial charge >= 0.3 is 12.1 Å². The fourth-order valence-corrected chi connectivity index (χ4v) is 4.20. The summed E-state index contributed by atoms with van der Waals surface area (Å²) < 4.78 is 17.0. The molecule has 7 nitrogen and oxygen atoms in total. The highest BCUT2D eigenvalue weighted by molar-refractivity contribution is 5.83. The normalized spacial score (nSPS) is 14.9. The van der Waals surface area contributed by atoms with Crippen molar-refractivity contribution >= 4 is 12.1 Å². The molecule has 1 atom stereocenters. The van der Waals surface area contributed by atoms with Gasteiger partial charge in [0.05, 0.1) is 6.61 Å². The lowest BCUT2D eigenvalue weighted by molar-refractivity contribution is -0.148. The molecule has 7 heteroatoms. The molecule has 1 aliphatic rings. The van der Waals surface area contributed by atoms with Gasteiger partial charge in [0.2, 0.25) is 0 Å². The number of nitrogens with zero attached hydrogens (tertiary/aromatic N) is 1. The van der Waals surface area contributed by atoms with E-state index in [4.69, 9.17) is 14.2 Å². The lowest BCUT2D eigenvalue weighted by Crippen LogP contribution is -2.37. The van der Waals surface area contributed by atoms with E-state index >= 15 is 0 Å². The Kier molecular flexibility index (Phi) is 9.54. The second-order valence-electron chi connectivity index (χ2n) is 9.36. The standard InChI is InChI=1S/C30H34N2O5/c1-32-17-15-25(16-18-32)21-36-29(33)28(31-30(34)37-22-24-11-6-3-7-12-24)26-13-8-14-27(19-26)35-20-23-9-4-2-5-10-23/h2-14,19,25,28H,15-18,20-22H2,1H3,(H,31,34). The molecule has 3 aromatic rings. The number of nitrogens with one attached hydrogen (secondary N) is 1. The Labute approximate surface area is 218 Å². The summed E-state index contributed by atoms with van der Waals surface area (Å²) in [5.74, 6) is 0.385. The Morgan fingerprint density at radius 1 is 0.865 bits per heavy atom. The van der Waals surface area contributed by atoms with Crippen LogP contribution >= 0.6 is 0 Å². The second-order valence-corrected chi connectivity index (χ2v) is 9.36. The molecule has 0 spiro atoms. The van der Waals surface area contributed by atoms with Crippen molar-refractivity contribution in [3.63, 3.8) is 0 Å². The molecule has 194 valence electrons. The van der Waals surface area contributed by atoms with Gasteiger partial charge in [0.1, 0.15) is 19.0 Å². The predicted octanol–water partition coefficient (Wildman–Crippen LogP) is 5.12. The SMILES string of the molecule is CN1CCC(COC(=O)C(NC(=O)OCc2ccccc2)c2cccc(OCc3ccccc3)c2)CC1. The number of alkyl carbamates (subject to hydrolysis) is 1. The van der Waals surface area contributed by atoms with E-state index in [1.807, 2.05) is 66.7 Å². The first-order valence-corrected chi connectivity index (χ1v) is 12.7. The lowest BCUT2D eigenvalue weighted by atomic mass is 9.98. The minimum atomic E-state index is -1.02. The minimum absolute atomic E-state index is 0.101. The van der Waals surface area contributed by atoms with Crippen molar-refractivity contribution in [1.29, 1.82) is 0 Å². The van der Waals surface area contributed by atoms with Crippen LogP contribution in [0.25, 0.3) is 0 Å². The number of piperidine rings is 1. The number of ether oxygens (including phenoxy) is 3. The molecule has 0 aromatic heterocycles. The van der Waals surface area contributed by atoms with Crippen molar-refractivity contribution in [2.75, 3.05) is 26.7 Å². The molecule has 4 rings (SSSR count). The molecule has 0 bridgehead atoms. The maximum Gasteiger partial charge on any atom is 0.408 e. The van der Waals surface area contributed by atoms with Gasteiger partial charge in [-0.15, -0.1) is 0 Å². The van der Waals surface area contributed by atoms with Crippen LogP contribution in [0.1, 0.15) is 35.6 Å². The first kappa shape index (κ1) is 26.2. The zero-order chi connectivity index (χ0) is 25.9. The molecule has 3 aromatic carbocycles. The molecule has 37 heavy (non-hydrogen) atoms. The molecule has 1 N–H and O–H groups in total. The molecular weight excluding hydrogens is 468 g/mol. The number of hydrogen-bond acceptors (Lipinski definition) is 6. The van der Waals surface area contributed by atoms with Gasteiger partial charge in [0.15, 0.2) is 6.04 Å². The average molecular weight is 503 g/mol. The van der Waals surface area contributed by atoms with Crippen molar-refractivity contribution in [2.45, 2.75) is 32.1 Å². The molecule has 1 aliphatic heterocycles. The minimum Gasteiger partial charge on any atom is -0.489 e. The number of amides is 1. The third-order valence-corrected chi connectivity index (χ3v) is 6.45. The zero-order valence-corrected chi connectivity index (χ0v) is 21.2. The first-order chi connectivity index (χ1) is 18.1. The summed E-state index contributed by atoms with van der Waals surface area (Å²) in [6, 6.07) is 25.3. The highest BCUT2D eigenvalue weighted by Gasteiger charge is 2.27. The van der Waals surface area contributed by atoms with Crippen LogP contribution in [0.3, 0.4) is 0 Å². The van der Waals surface area contributed by atoms with Gasteiger partial charge in [-0.25, -0.2) is 9.59 Å². The van der Waals surface area contributed by atoms with E-state index < -0.39 is 18.1 Å². The van der Waals surface area contributed by atoms with Gasteiger partial charge in [0.25, 0.3) is 0 Å². The van der Waals surface area contributed by atoms with E-state index in [9.17, 15) is 9.59 Å². The van der Waals surface area contributed by atoms with Gasteiger partial charge in [-0.3, -0.25) is 0 Å². The van der Waals surface area contributed by atoms with Crippen molar-refractivity contribution in [2.24, 2.45) is 5.92 Å². The molecular formula is C30H34N2O5. The van der Waals surface area contributed by atoms with Crippen LogP contribution in [-0.2, 0) is 27.5 Å². The Bertz CT molecular complexity index is 1130. The van der Waals surface area contributed by atoms with E-state index in [-0.39, 0.29) is 6.61 Å². The Morgan fingerprint density at radius 3 is 2.19 bits per heavy atom. The number of hydrogen-bond donors (Lipinski definition) is 1. The average Bonchev–Trinajstić information content (AvgIpc) is 2.94. The van der Waals surface area contributed by atoms with E-state index in [2.05, 4.69) is 17.3 Å². The van der Waals surface area contributed by atoms with E-state index in [0.29, 0.717) is 30.4 Å². The van der Waals surface area contributed by atoms with E-state index in [0.717, 1.165) is 37.1 Å². The quantitative estimate of drug-likeness (QED) is 0.388. The lowest BCUT2D eigenvalue weighted by Gasteiger charge is -2.29. The summed E-state index contributed by atoms with van der Waals surface area (Å²) in [4.78, 5) is 28.1. The molecule has 1 amide bonds. The van der Waals surface area contributed by atoms with Crippen molar-refractivity contribution in [3.05, 3.63) is 102 Å². The van der Waals surface area contributed by atoms with Crippen LogP contribution in [-0.4, -0.2) is 43.7 Å². The van der Waals surface area contributed by atoms with Crippen molar-refractivity contribution in [1.82, 2.24) is 10.2 Å². The largest absolute Gasteiger partial charge is 0.489 e. The maximum atomic E-state index is 13.2. The van der Waals surface area contributed by atoms with Crippen molar-refractivity contribution in [3.8, 4) is 5.75 Å². The summed E-state index contributed by atoms with van der Waals surface area (Å²) >= 11 is 0. The molecule has 0 saturated carbocycles.